The van der Waals surface area contributed by atoms with Gasteiger partial charge in [-0.2, -0.15) is 0 Å². The van der Waals surface area contributed by atoms with E-state index in [0.29, 0.717) is 0 Å². The fourth-order valence-corrected chi connectivity index (χ4v) is 1.96. The third kappa shape index (κ3) is 2.61. The lowest BCUT2D eigenvalue weighted by Gasteiger charge is -2.15. The minimum Gasteiger partial charge on any atom is -0.469 e. The van der Waals surface area contributed by atoms with E-state index in [0.717, 1.165) is 35.8 Å². The summed E-state index contributed by atoms with van der Waals surface area (Å²) in [5, 5.41) is 3.49. The van der Waals surface area contributed by atoms with E-state index in [1.54, 1.807) is 6.26 Å². The molecule has 0 aliphatic rings. The Bertz CT molecular complexity index is 470. The smallest absolute Gasteiger partial charge is 0.125 e. The van der Waals surface area contributed by atoms with Crippen LogP contribution in [0.15, 0.2) is 33.3 Å². The standard InChI is InChI=1S/C14H19NO2/c1-4-8-15-14(12-7-9-16-11(12)3)13-6-5-10(2)17-13/h5-7,9,14-15H,4,8H2,1-3H3. The molecule has 0 aliphatic carbocycles. The zero-order valence-corrected chi connectivity index (χ0v) is 10.6. The summed E-state index contributed by atoms with van der Waals surface area (Å²) in [6.45, 7) is 7.04. The second-order valence-corrected chi connectivity index (χ2v) is 4.27. The highest BCUT2D eigenvalue weighted by Gasteiger charge is 2.20. The van der Waals surface area contributed by atoms with E-state index < -0.39 is 0 Å². The summed E-state index contributed by atoms with van der Waals surface area (Å²) in [5.41, 5.74) is 1.15. The molecule has 1 atom stereocenters. The SMILES string of the molecule is CCCNC(c1ccc(C)o1)c1ccoc1C. The molecule has 2 aromatic heterocycles. The molecule has 0 aromatic carbocycles. The van der Waals surface area contributed by atoms with Crippen molar-refractivity contribution in [3.8, 4) is 0 Å². The van der Waals surface area contributed by atoms with E-state index in [4.69, 9.17) is 8.83 Å². The number of hydrogen-bond donors (Lipinski definition) is 1. The zero-order chi connectivity index (χ0) is 12.3. The molecule has 0 amide bonds. The van der Waals surface area contributed by atoms with Gasteiger partial charge in [0.2, 0.25) is 0 Å². The molecule has 0 bridgehead atoms. The maximum Gasteiger partial charge on any atom is 0.125 e. The van der Waals surface area contributed by atoms with Crippen LogP contribution in [0.5, 0.6) is 0 Å². The lowest BCUT2D eigenvalue weighted by atomic mass is 10.1. The van der Waals surface area contributed by atoms with Crippen molar-refractivity contribution in [1.82, 2.24) is 5.32 Å². The van der Waals surface area contributed by atoms with Crippen molar-refractivity contribution in [3.05, 3.63) is 47.3 Å². The second kappa shape index (κ2) is 5.23. The third-order valence-electron chi connectivity index (χ3n) is 2.85. The van der Waals surface area contributed by atoms with Gasteiger partial charge in [-0.05, 0) is 45.0 Å². The van der Waals surface area contributed by atoms with E-state index in [1.807, 2.05) is 32.0 Å². The van der Waals surface area contributed by atoms with Crippen LogP contribution in [0.4, 0.5) is 0 Å². The Hall–Kier alpha value is -1.48. The fraction of sp³-hybridized carbons (Fsp3) is 0.429. The molecule has 3 nitrogen and oxygen atoms in total. The number of aryl methyl sites for hydroxylation is 2. The summed E-state index contributed by atoms with van der Waals surface area (Å²) in [6.07, 6.45) is 2.81. The topological polar surface area (TPSA) is 38.3 Å². The van der Waals surface area contributed by atoms with Crippen molar-refractivity contribution >= 4 is 0 Å². The number of rotatable bonds is 5. The summed E-state index contributed by atoms with van der Waals surface area (Å²) >= 11 is 0. The predicted molar refractivity (Wildman–Crippen MR) is 67.0 cm³/mol. The minimum absolute atomic E-state index is 0.0856. The monoisotopic (exact) mass is 233 g/mol. The van der Waals surface area contributed by atoms with Crippen molar-refractivity contribution < 1.29 is 8.83 Å². The Morgan fingerprint density at radius 2 is 2.06 bits per heavy atom. The summed E-state index contributed by atoms with van der Waals surface area (Å²) < 4.78 is 11.1. The number of nitrogens with one attached hydrogen (secondary N) is 1. The van der Waals surface area contributed by atoms with Crippen molar-refractivity contribution in [2.45, 2.75) is 33.2 Å². The maximum atomic E-state index is 5.72. The molecule has 3 heteroatoms. The van der Waals surface area contributed by atoms with E-state index in [2.05, 4.69) is 12.2 Å². The van der Waals surface area contributed by atoms with E-state index in [1.165, 1.54) is 0 Å². The van der Waals surface area contributed by atoms with Crippen LogP contribution < -0.4 is 5.32 Å². The molecule has 0 aliphatic heterocycles. The van der Waals surface area contributed by atoms with Crippen LogP contribution in [0.3, 0.4) is 0 Å². The van der Waals surface area contributed by atoms with Crippen LogP contribution in [0, 0.1) is 13.8 Å². The largest absolute Gasteiger partial charge is 0.469 e. The minimum atomic E-state index is 0.0856. The molecule has 0 spiro atoms. The third-order valence-corrected chi connectivity index (χ3v) is 2.85. The van der Waals surface area contributed by atoms with Crippen LogP contribution in [-0.4, -0.2) is 6.54 Å². The Morgan fingerprint density at radius 1 is 1.24 bits per heavy atom. The van der Waals surface area contributed by atoms with Gasteiger partial charge in [-0.1, -0.05) is 6.92 Å². The normalized spacial score (nSPS) is 12.9. The van der Waals surface area contributed by atoms with Gasteiger partial charge < -0.3 is 14.2 Å². The van der Waals surface area contributed by atoms with Gasteiger partial charge in [-0.25, -0.2) is 0 Å². The van der Waals surface area contributed by atoms with Crippen molar-refractivity contribution in [1.29, 1.82) is 0 Å². The summed E-state index contributed by atoms with van der Waals surface area (Å²) in [5.74, 6) is 2.82. The Morgan fingerprint density at radius 3 is 2.59 bits per heavy atom. The molecule has 2 heterocycles. The average molecular weight is 233 g/mol. The van der Waals surface area contributed by atoms with Gasteiger partial charge in [0, 0.05) is 5.56 Å². The number of furan rings is 2. The molecule has 0 saturated heterocycles. The van der Waals surface area contributed by atoms with Crippen LogP contribution in [0.2, 0.25) is 0 Å². The first-order valence-electron chi connectivity index (χ1n) is 6.06. The number of hydrogen-bond acceptors (Lipinski definition) is 3. The van der Waals surface area contributed by atoms with E-state index in [-0.39, 0.29) is 6.04 Å². The Kier molecular flexibility index (Phi) is 3.69. The predicted octanol–water partition coefficient (Wildman–Crippen LogP) is 3.58. The molecular weight excluding hydrogens is 214 g/mol. The van der Waals surface area contributed by atoms with Crippen molar-refractivity contribution in [2.24, 2.45) is 0 Å². The molecule has 2 aromatic rings. The van der Waals surface area contributed by atoms with Gasteiger partial charge in [-0.3, -0.25) is 0 Å². The lowest BCUT2D eigenvalue weighted by Crippen LogP contribution is -2.22. The lowest BCUT2D eigenvalue weighted by molar-refractivity contribution is 0.425. The first-order chi connectivity index (χ1) is 8.22. The van der Waals surface area contributed by atoms with Gasteiger partial charge >= 0.3 is 0 Å². The van der Waals surface area contributed by atoms with E-state index in [9.17, 15) is 0 Å². The molecule has 1 N–H and O–H groups in total. The molecule has 92 valence electrons. The Balaban J connectivity index is 2.28. The highest BCUT2D eigenvalue weighted by Crippen LogP contribution is 2.27. The second-order valence-electron chi connectivity index (χ2n) is 4.27. The van der Waals surface area contributed by atoms with Gasteiger partial charge in [-0.15, -0.1) is 0 Å². The van der Waals surface area contributed by atoms with Crippen LogP contribution in [0.25, 0.3) is 0 Å². The summed E-state index contributed by atoms with van der Waals surface area (Å²) in [4.78, 5) is 0. The fourth-order valence-electron chi connectivity index (χ4n) is 1.96. The van der Waals surface area contributed by atoms with Crippen molar-refractivity contribution in [3.63, 3.8) is 0 Å². The first-order valence-corrected chi connectivity index (χ1v) is 6.06. The quantitative estimate of drug-likeness (QED) is 0.857. The highest BCUT2D eigenvalue weighted by molar-refractivity contribution is 5.28. The average Bonchev–Trinajstić information content (AvgIpc) is 2.90. The first kappa shape index (κ1) is 12.0. The summed E-state index contributed by atoms with van der Waals surface area (Å²) in [6, 6.07) is 6.10. The van der Waals surface area contributed by atoms with Crippen LogP contribution in [0.1, 0.15) is 42.2 Å². The van der Waals surface area contributed by atoms with Gasteiger partial charge in [0.05, 0.1) is 12.3 Å². The highest BCUT2D eigenvalue weighted by atomic mass is 16.3. The molecule has 1 unspecified atom stereocenters. The van der Waals surface area contributed by atoms with Gasteiger partial charge in [0.25, 0.3) is 0 Å². The van der Waals surface area contributed by atoms with Crippen molar-refractivity contribution in [2.75, 3.05) is 6.54 Å². The zero-order valence-electron chi connectivity index (χ0n) is 10.6. The maximum absolute atomic E-state index is 5.72. The van der Waals surface area contributed by atoms with Crippen LogP contribution in [-0.2, 0) is 0 Å². The van der Waals surface area contributed by atoms with E-state index >= 15 is 0 Å². The van der Waals surface area contributed by atoms with Gasteiger partial charge in [0.15, 0.2) is 0 Å². The summed E-state index contributed by atoms with van der Waals surface area (Å²) in [7, 11) is 0. The molecule has 0 fully saturated rings. The molecular formula is C14H19NO2. The molecule has 17 heavy (non-hydrogen) atoms. The van der Waals surface area contributed by atoms with Gasteiger partial charge in [0.1, 0.15) is 17.3 Å². The Labute approximate surface area is 102 Å². The molecule has 0 saturated carbocycles. The molecule has 0 radical (unpaired) electrons. The van der Waals surface area contributed by atoms with Crippen LogP contribution >= 0.6 is 0 Å². The molecule has 2 rings (SSSR count).